The van der Waals surface area contributed by atoms with Crippen LogP contribution in [0.5, 0.6) is 0 Å². The smallest absolute Gasteiger partial charge is 0.244 e. The third-order valence-electron chi connectivity index (χ3n) is 6.05. The molecule has 170 valence electrons. The van der Waals surface area contributed by atoms with Crippen molar-refractivity contribution in [1.29, 1.82) is 0 Å². The quantitative estimate of drug-likeness (QED) is 0.315. The first-order chi connectivity index (χ1) is 16.0. The highest BCUT2D eigenvalue weighted by Gasteiger charge is 2.34. The maximum atomic E-state index is 13.1. The highest BCUT2D eigenvalue weighted by molar-refractivity contribution is 6.33. The summed E-state index contributed by atoms with van der Waals surface area (Å²) >= 11 is 6.28. The van der Waals surface area contributed by atoms with Gasteiger partial charge < -0.3 is 10.4 Å². The molecule has 3 aromatic carbocycles. The number of benzene rings is 3. The van der Waals surface area contributed by atoms with Gasteiger partial charge in [0, 0.05) is 23.4 Å². The van der Waals surface area contributed by atoms with Crippen LogP contribution in [0.25, 0.3) is 11.1 Å². The monoisotopic (exact) mass is 464 g/mol. The van der Waals surface area contributed by atoms with E-state index in [2.05, 4.69) is 5.32 Å². The van der Waals surface area contributed by atoms with Crippen molar-refractivity contribution >= 4 is 23.4 Å². The molecule has 0 saturated carbocycles. The van der Waals surface area contributed by atoms with Gasteiger partial charge in [0.05, 0.1) is 18.1 Å². The minimum Gasteiger partial charge on any atom is -0.390 e. The molecule has 4 rings (SSSR count). The minimum atomic E-state index is -0.728. The summed E-state index contributed by atoms with van der Waals surface area (Å²) in [6.07, 6.45) is -0.147. The summed E-state index contributed by atoms with van der Waals surface area (Å²) < 4.78 is 0. The third-order valence-corrected chi connectivity index (χ3v) is 6.38. The van der Waals surface area contributed by atoms with Crippen LogP contribution in [0, 0.1) is 5.92 Å². The normalized spacial score (nSPS) is 17.8. The molecule has 7 heteroatoms. The number of aliphatic hydroxyl groups is 1. The molecule has 0 spiro atoms. The van der Waals surface area contributed by atoms with Crippen LogP contribution in [0.4, 0.5) is 0 Å². The van der Waals surface area contributed by atoms with Crippen LogP contribution in [-0.2, 0) is 22.4 Å². The van der Waals surface area contributed by atoms with Crippen LogP contribution in [0.2, 0.25) is 5.02 Å². The van der Waals surface area contributed by atoms with Crippen LogP contribution in [0.15, 0.2) is 72.8 Å². The van der Waals surface area contributed by atoms with Crippen molar-refractivity contribution in [3.8, 4) is 11.1 Å². The molecule has 0 saturated heterocycles. The molecular weight excluding hydrogens is 440 g/mol. The molecule has 0 aromatic heterocycles. The Hall–Kier alpha value is -3.19. The number of hydrogen-bond acceptors (Lipinski definition) is 4. The fourth-order valence-electron chi connectivity index (χ4n) is 4.35. The predicted octanol–water partition coefficient (Wildman–Crippen LogP) is 3.84. The average Bonchev–Trinajstić information content (AvgIpc) is 3.14. The zero-order valence-electron chi connectivity index (χ0n) is 17.9. The van der Waals surface area contributed by atoms with E-state index in [4.69, 9.17) is 16.8 Å². The number of nitrogens with one attached hydrogen (secondary N) is 2. The molecule has 4 N–H and O–H groups in total. The van der Waals surface area contributed by atoms with Crippen molar-refractivity contribution in [3.63, 3.8) is 0 Å². The summed E-state index contributed by atoms with van der Waals surface area (Å²) in [4.78, 5) is 25.0. The van der Waals surface area contributed by atoms with Crippen LogP contribution in [0.3, 0.4) is 0 Å². The van der Waals surface area contributed by atoms with Gasteiger partial charge in [-0.1, -0.05) is 78.3 Å². The van der Waals surface area contributed by atoms with Gasteiger partial charge in [0.1, 0.15) is 0 Å². The molecule has 3 aromatic rings. The Morgan fingerprint density at radius 3 is 2.42 bits per heavy atom. The lowest BCUT2D eigenvalue weighted by Crippen LogP contribution is -2.40. The van der Waals surface area contributed by atoms with Crippen molar-refractivity contribution in [1.82, 2.24) is 10.8 Å². The molecule has 2 amide bonds. The SMILES string of the molecule is O=C(CC(Cc1ccc(-c2ccccc2Cl)cc1)C(=O)NC1c2ccccc2CC1O)NO. The molecular formula is C26H25ClN2O4. The van der Waals surface area contributed by atoms with Gasteiger partial charge in [-0.2, -0.15) is 0 Å². The molecule has 6 nitrogen and oxygen atoms in total. The molecule has 1 aliphatic carbocycles. The zero-order valence-corrected chi connectivity index (χ0v) is 18.6. The average molecular weight is 465 g/mol. The maximum absolute atomic E-state index is 13.1. The number of hydrogen-bond donors (Lipinski definition) is 4. The molecule has 33 heavy (non-hydrogen) atoms. The van der Waals surface area contributed by atoms with Crippen LogP contribution in [-0.4, -0.2) is 28.2 Å². The lowest BCUT2D eigenvalue weighted by molar-refractivity contribution is -0.135. The van der Waals surface area contributed by atoms with Gasteiger partial charge >= 0.3 is 0 Å². The Bertz CT molecular complexity index is 1150. The van der Waals surface area contributed by atoms with Crippen LogP contribution < -0.4 is 10.8 Å². The highest BCUT2D eigenvalue weighted by Crippen LogP contribution is 2.32. The number of amides is 2. The first kappa shape index (κ1) is 23.0. The summed E-state index contributed by atoms with van der Waals surface area (Å²) in [6.45, 7) is 0. The molecule has 1 aliphatic rings. The Kier molecular flexibility index (Phi) is 7.08. The van der Waals surface area contributed by atoms with Gasteiger partial charge in [-0.3, -0.25) is 14.8 Å². The van der Waals surface area contributed by atoms with E-state index in [9.17, 15) is 14.7 Å². The first-order valence-electron chi connectivity index (χ1n) is 10.8. The summed E-state index contributed by atoms with van der Waals surface area (Å²) in [5, 5.41) is 23.0. The van der Waals surface area contributed by atoms with Crippen LogP contribution >= 0.6 is 11.6 Å². The fourth-order valence-corrected chi connectivity index (χ4v) is 4.59. The summed E-state index contributed by atoms with van der Waals surface area (Å²) in [5.74, 6) is -1.71. The number of fused-ring (bicyclic) bond motifs is 1. The predicted molar refractivity (Wildman–Crippen MR) is 126 cm³/mol. The van der Waals surface area contributed by atoms with Gasteiger partial charge in [0.25, 0.3) is 0 Å². The van der Waals surface area contributed by atoms with Crippen molar-refractivity contribution in [2.45, 2.75) is 31.4 Å². The number of halogens is 1. The van der Waals surface area contributed by atoms with Crippen molar-refractivity contribution in [2.75, 3.05) is 0 Å². The van der Waals surface area contributed by atoms with Crippen molar-refractivity contribution in [2.24, 2.45) is 5.92 Å². The number of hydroxylamine groups is 1. The van der Waals surface area contributed by atoms with Crippen LogP contribution in [0.1, 0.15) is 29.2 Å². The van der Waals surface area contributed by atoms with E-state index in [0.29, 0.717) is 17.9 Å². The van der Waals surface area contributed by atoms with E-state index >= 15 is 0 Å². The number of rotatable bonds is 7. The second-order valence-electron chi connectivity index (χ2n) is 8.27. The Morgan fingerprint density at radius 2 is 1.70 bits per heavy atom. The maximum Gasteiger partial charge on any atom is 0.244 e. The van der Waals surface area contributed by atoms with Gasteiger partial charge in [-0.25, -0.2) is 5.48 Å². The van der Waals surface area contributed by atoms with E-state index in [1.165, 1.54) is 0 Å². The Labute approximate surface area is 197 Å². The molecule has 0 radical (unpaired) electrons. The lowest BCUT2D eigenvalue weighted by Gasteiger charge is -2.22. The van der Waals surface area contributed by atoms with Gasteiger partial charge in [0.2, 0.25) is 11.8 Å². The van der Waals surface area contributed by atoms with Crippen molar-refractivity contribution < 1.29 is 19.9 Å². The molecule has 0 bridgehead atoms. The zero-order chi connectivity index (χ0) is 23.4. The minimum absolute atomic E-state index is 0.181. The third kappa shape index (κ3) is 5.25. The lowest BCUT2D eigenvalue weighted by atomic mass is 9.93. The largest absolute Gasteiger partial charge is 0.390 e. The Morgan fingerprint density at radius 1 is 1.00 bits per heavy atom. The van der Waals surface area contributed by atoms with Gasteiger partial charge in [-0.05, 0) is 34.7 Å². The Balaban J connectivity index is 1.51. The second kappa shape index (κ2) is 10.2. The second-order valence-corrected chi connectivity index (χ2v) is 8.68. The van der Waals surface area contributed by atoms with E-state index in [-0.39, 0.29) is 12.3 Å². The van der Waals surface area contributed by atoms with Crippen molar-refractivity contribution in [3.05, 3.63) is 94.5 Å². The summed E-state index contributed by atoms with van der Waals surface area (Å²) in [6, 6.07) is 22.3. The summed E-state index contributed by atoms with van der Waals surface area (Å²) in [7, 11) is 0. The molecule has 0 fully saturated rings. The van der Waals surface area contributed by atoms with Gasteiger partial charge in [-0.15, -0.1) is 0 Å². The van der Waals surface area contributed by atoms with Gasteiger partial charge in [0.15, 0.2) is 0 Å². The number of carbonyl (C=O) groups is 2. The standard InChI is InChI=1S/C26H25ClN2O4/c27-22-8-4-3-6-20(22)17-11-9-16(10-12-17)13-19(15-24(31)29-33)26(32)28-25-21-7-2-1-5-18(21)14-23(25)30/h1-12,19,23,25,30,33H,13-15H2,(H,28,32)(H,29,31). The van der Waals surface area contributed by atoms with E-state index in [1.807, 2.05) is 72.8 Å². The van der Waals surface area contributed by atoms with E-state index in [1.54, 1.807) is 5.48 Å². The fraction of sp³-hybridized carbons (Fsp3) is 0.231. The number of aliphatic hydroxyl groups excluding tert-OH is 1. The number of carbonyl (C=O) groups excluding carboxylic acids is 2. The van der Waals surface area contributed by atoms with E-state index in [0.717, 1.165) is 27.8 Å². The topological polar surface area (TPSA) is 98.7 Å². The molecule has 0 heterocycles. The highest BCUT2D eigenvalue weighted by atomic mass is 35.5. The molecule has 0 aliphatic heterocycles. The molecule has 3 unspecified atom stereocenters. The van der Waals surface area contributed by atoms with E-state index < -0.39 is 24.0 Å². The molecule has 3 atom stereocenters. The summed E-state index contributed by atoms with van der Waals surface area (Å²) in [5.41, 5.74) is 6.21. The first-order valence-corrected chi connectivity index (χ1v) is 11.2.